The normalized spacial score (nSPS) is 11.2. The van der Waals surface area contributed by atoms with Crippen molar-refractivity contribution in [1.29, 1.82) is 0 Å². The average Bonchev–Trinajstić information content (AvgIpc) is 1.87. The third-order valence-electron chi connectivity index (χ3n) is 1.23. The van der Waals surface area contributed by atoms with Crippen LogP contribution in [0.15, 0.2) is 4.99 Å². The lowest BCUT2D eigenvalue weighted by Crippen LogP contribution is -2.27. The summed E-state index contributed by atoms with van der Waals surface area (Å²) in [6, 6.07) is 0. The minimum atomic E-state index is 0. The maximum atomic E-state index is 4.32. The van der Waals surface area contributed by atoms with E-state index in [1.54, 1.807) is 0 Å². The summed E-state index contributed by atoms with van der Waals surface area (Å²) in [7, 11) is 0. The maximum absolute atomic E-state index is 4.32. The van der Waals surface area contributed by atoms with E-state index in [1.807, 2.05) is 0 Å². The number of rotatable bonds is 3. The predicted octanol–water partition coefficient (Wildman–Crippen LogP) is 2.09. The van der Waals surface area contributed by atoms with Crippen LogP contribution in [-0.2, 0) is 0 Å². The van der Waals surface area contributed by atoms with Crippen molar-refractivity contribution in [2.24, 2.45) is 10.9 Å². The Bertz CT molecular complexity index is 111. The standard InChI is InChI=1S/C8H18N2.ClH/c1-5-9-8(7(3)4)10-6-2;/h7H,5-6H2,1-4H3,(H,9,10);1H. The fourth-order valence-electron chi connectivity index (χ4n) is 0.794. The van der Waals surface area contributed by atoms with Crippen LogP contribution in [0.4, 0.5) is 0 Å². The fraction of sp³-hybridized carbons (Fsp3) is 0.875. The number of halogens is 1. The molecule has 0 amide bonds. The molecule has 0 unspecified atom stereocenters. The number of aliphatic imine (C=N–C) groups is 1. The molecule has 0 aromatic carbocycles. The molecular weight excluding hydrogens is 160 g/mol. The van der Waals surface area contributed by atoms with E-state index in [-0.39, 0.29) is 12.4 Å². The zero-order valence-electron chi connectivity index (χ0n) is 7.85. The summed E-state index contributed by atoms with van der Waals surface area (Å²) < 4.78 is 0. The molecule has 0 heterocycles. The van der Waals surface area contributed by atoms with Crippen LogP contribution in [0.2, 0.25) is 0 Å². The van der Waals surface area contributed by atoms with Crippen LogP contribution in [0.3, 0.4) is 0 Å². The van der Waals surface area contributed by atoms with Crippen molar-refractivity contribution in [3.63, 3.8) is 0 Å². The molecule has 0 rings (SSSR count). The molecule has 0 saturated carbocycles. The van der Waals surface area contributed by atoms with Gasteiger partial charge in [0.25, 0.3) is 0 Å². The quantitative estimate of drug-likeness (QED) is 0.520. The van der Waals surface area contributed by atoms with Crippen molar-refractivity contribution in [3.05, 3.63) is 0 Å². The molecule has 0 aliphatic carbocycles. The van der Waals surface area contributed by atoms with Gasteiger partial charge in [-0.3, -0.25) is 4.99 Å². The van der Waals surface area contributed by atoms with Crippen molar-refractivity contribution >= 4 is 18.2 Å². The van der Waals surface area contributed by atoms with Crippen molar-refractivity contribution in [2.45, 2.75) is 27.7 Å². The lowest BCUT2D eigenvalue weighted by molar-refractivity contribution is 0.794. The third-order valence-corrected chi connectivity index (χ3v) is 1.23. The molecule has 1 N–H and O–H groups in total. The Hall–Kier alpha value is -0.240. The highest BCUT2D eigenvalue weighted by Gasteiger charge is 2.00. The average molecular weight is 179 g/mol. The molecule has 0 aromatic rings. The van der Waals surface area contributed by atoms with E-state index in [0.29, 0.717) is 5.92 Å². The molecule has 0 aliphatic heterocycles. The topological polar surface area (TPSA) is 24.4 Å². The van der Waals surface area contributed by atoms with E-state index in [2.05, 4.69) is 38.0 Å². The summed E-state index contributed by atoms with van der Waals surface area (Å²) in [5, 5.41) is 3.23. The Labute approximate surface area is 75.9 Å². The molecule has 68 valence electrons. The second-order valence-corrected chi connectivity index (χ2v) is 2.54. The van der Waals surface area contributed by atoms with E-state index >= 15 is 0 Å². The zero-order chi connectivity index (χ0) is 7.98. The van der Waals surface area contributed by atoms with Gasteiger partial charge in [-0.05, 0) is 13.8 Å². The van der Waals surface area contributed by atoms with Crippen LogP contribution in [0, 0.1) is 5.92 Å². The molecule has 0 bridgehead atoms. The number of nitrogens with one attached hydrogen (secondary N) is 1. The van der Waals surface area contributed by atoms with Gasteiger partial charge in [0.1, 0.15) is 0 Å². The molecule has 0 spiro atoms. The Morgan fingerprint density at radius 3 is 2.18 bits per heavy atom. The molecular formula is C8H19ClN2. The van der Waals surface area contributed by atoms with Crippen LogP contribution in [0.5, 0.6) is 0 Å². The summed E-state index contributed by atoms with van der Waals surface area (Å²) in [6.45, 7) is 10.3. The lowest BCUT2D eigenvalue weighted by atomic mass is 10.2. The van der Waals surface area contributed by atoms with Gasteiger partial charge in [0.2, 0.25) is 0 Å². The zero-order valence-corrected chi connectivity index (χ0v) is 8.66. The Morgan fingerprint density at radius 1 is 1.36 bits per heavy atom. The fourth-order valence-corrected chi connectivity index (χ4v) is 0.794. The first-order valence-corrected chi connectivity index (χ1v) is 4.00. The van der Waals surface area contributed by atoms with E-state index in [0.717, 1.165) is 18.9 Å². The van der Waals surface area contributed by atoms with Crippen molar-refractivity contribution in [1.82, 2.24) is 5.32 Å². The van der Waals surface area contributed by atoms with Crippen LogP contribution < -0.4 is 5.32 Å². The second kappa shape index (κ2) is 7.86. The number of nitrogens with zero attached hydrogens (tertiary/aromatic N) is 1. The summed E-state index contributed by atoms with van der Waals surface area (Å²) in [5.41, 5.74) is 0. The van der Waals surface area contributed by atoms with Crippen molar-refractivity contribution < 1.29 is 0 Å². The van der Waals surface area contributed by atoms with Crippen molar-refractivity contribution in [2.75, 3.05) is 13.1 Å². The van der Waals surface area contributed by atoms with Crippen LogP contribution in [-0.4, -0.2) is 18.9 Å². The van der Waals surface area contributed by atoms with Crippen molar-refractivity contribution in [3.8, 4) is 0 Å². The first-order chi connectivity index (χ1) is 4.72. The Kier molecular flexibility index (Phi) is 9.55. The molecule has 0 saturated heterocycles. The number of amidine groups is 1. The molecule has 0 fully saturated rings. The van der Waals surface area contributed by atoms with Crippen LogP contribution >= 0.6 is 12.4 Å². The van der Waals surface area contributed by atoms with Gasteiger partial charge in [0.05, 0.1) is 5.84 Å². The van der Waals surface area contributed by atoms with Gasteiger partial charge >= 0.3 is 0 Å². The molecule has 0 aromatic heterocycles. The minimum Gasteiger partial charge on any atom is -0.374 e. The minimum absolute atomic E-state index is 0. The number of hydrogen-bond acceptors (Lipinski definition) is 1. The highest BCUT2D eigenvalue weighted by atomic mass is 35.5. The molecule has 0 aliphatic rings. The monoisotopic (exact) mass is 178 g/mol. The number of hydrogen-bond donors (Lipinski definition) is 1. The summed E-state index contributed by atoms with van der Waals surface area (Å²) in [6.07, 6.45) is 0. The largest absolute Gasteiger partial charge is 0.374 e. The Balaban J connectivity index is 0. The Morgan fingerprint density at radius 2 is 1.91 bits per heavy atom. The van der Waals surface area contributed by atoms with Gasteiger partial charge < -0.3 is 5.32 Å². The first kappa shape index (κ1) is 13.4. The van der Waals surface area contributed by atoms with Gasteiger partial charge in [0, 0.05) is 19.0 Å². The van der Waals surface area contributed by atoms with Crippen LogP contribution in [0.1, 0.15) is 27.7 Å². The third kappa shape index (κ3) is 6.17. The first-order valence-electron chi connectivity index (χ1n) is 4.00. The highest BCUT2D eigenvalue weighted by molar-refractivity contribution is 5.85. The van der Waals surface area contributed by atoms with E-state index in [9.17, 15) is 0 Å². The van der Waals surface area contributed by atoms with Gasteiger partial charge in [0.15, 0.2) is 0 Å². The molecule has 3 heteroatoms. The van der Waals surface area contributed by atoms with Gasteiger partial charge in [-0.15, -0.1) is 12.4 Å². The van der Waals surface area contributed by atoms with Gasteiger partial charge in [-0.25, -0.2) is 0 Å². The second-order valence-electron chi connectivity index (χ2n) is 2.54. The lowest BCUT2D eigenvalue weighted by Gasteiger charge is -2.10. The van der Waals surface area contributed by atoms with E-state index in [1.165, 1.54) is 0 Å². The van der Waals surface area contributed by atoms with Gasteiger partial charge in [-0.2, -0.15) is 0 Å². The maximum Gasteiger partial charge on any atom is 0.0988 e. The van der Waals surface area contributed by atoms with E-state index in [4.69, 9.17) is 0 Å². The molecule has 11 heavy (non-hydrogen) atoms. The summed E-state index contributed by atoms with van der Waals surface area (Å²) in [4.78, 5) is 4.32. The van der Waals surface area contributed by atoms with Crippen LogP contribution in [0.25, 0.3) is 0 Å². The molecule has 0 radical (unpaired) electrons. The van der Waals surface area contributed by atoms with Gasteiger partial charge in [-0.1, -0.05) is 13.8 Å². The SMILES string of the molecule is CCN=C(NCC)C(C)C.Cl. The molecule has 2 nitrogen and oxygen atoms in total. The van der Waals surface area contributed by atoms with E-state index < -0.39 is 0 Å². The smallest absolute Gasteiger partial charge is 0.0988 e. The summed E-state index contributed by atoms with van der Waals surface area (Å²) >= 11 is 0. The predicted molar refractivity (Wildman–Crippen MR) is 53.7 cm³/mol. The highest BCUT2D eigenvalue weighted by Crippen LogP contribution is 1.93. The summed E-state index contributed by atoms with van der Waals surface area (Å²) in [5.74, 6) is 1.66. The molecule has 0 atom stereocenters.